The molecule has 5 heteroatoms. The van der Waals surface area contributed by atoms with Gasteiger partial charge in [0.2, 0.25) is 0 Å². The molecule has 1 aliphatic carbocycles. The van der Waals surface area contributed by atoms with Crippen molar-refractivity contribution in [2.75, 3.05) is 13.7 Å². The van der Waals surface area contributed by atoms with E-state index in [1.54, 1.807) is 11.9 Å². The van der Waals surface area contributed by atoms with Crippen molar-refractivity contribution in [2.45, 2.75) is 32.2 Å². The van der Waals surface area contributed by atoms with Crippen molar-refractivity contribution in [1.29, 1.82) is 0 Å². The lowest BCUT2D eigenvalue weighted by Gasteiger charge is -2.16. The van der Waals surface area contributed by atoms with Crippen LogP contribution in [-0.4, -0.2) is 34.7 Å². The molecular formula is C17H21N3O2. The van der Waals surface area contributed by atoms with E-state index in [0.29, 0.717) is 24.8 Å². The van der Waals surface area contributed by atoms with Gasteiger partial charge in [-0.15, -0.1) is 0 Å². The van der Waals surface area contributed by atoms with Crippen LogP contribution < -0.4 is 4.74 Å². The third-order valence-electron chi connectivity index (χ3n) is 3.83. The highest BCUT2D eigenvalue weighted by molar-refractivity contribution is 5.92. The van der Waals surface area contributed by atoms with E-state index in [-0.39, 0.29) is 5.91 Å². The van der Waals surface area contributed by atoms with Gasteiger partial charge in [0.05, 0.1) is 6.61 Å². The van der Waals surface area contributed by atoms with E-state index in [0.717, 1.165) is 17.0 Å². The molecule has 116 valence electrons. The molecule has 1 aromatic heterocycles. The van der Waals surface area contributed by atoms with Crippen LogP contribution >= 0.6 is 0 Å². The number of carbonyl (C=O) groups excluding carboxylic acids is 1. The lowest BCUT2D eigenvalue weighted by Crippen LogP contribution is -2.26. The molecular weight excluding hydrogens is 278 g/mol. The second-order valence-electron chi connectivity index (χ2n) is 5.72. The van der Waals surface area contributed by atoms with Crippen LogP contribution in [0.3, 0.4) is 0 Å². The largest absolute Gasteiger partial charge is 0.494 e. The molecule has 0 bridgehead atoms. The summed E-state index contributed by atoms with van der Waals surface area (Å²) in [6.07, 6.45) is 2.38. The van der Waals surface area contributed by atoms with Gasteiger partial charge in [0.1, 0.15) is 11.4 Å². The zero-order chi connectivity index (χ0) is 15.5. The molecule has 0 aliphatic heterocycles. The highest BCUT2D eigenvalue weighted by Gasteiger charge is 2.27. The molecule has 1 saturated carbocycles. The average molecular weight is 299 g/mol. The van der Waals surface area contributed by atoms with E-state index in [4.69, 9.17) is 4.74 Å². The van der Waals surface area contributed by atoms with Crippen LogP contribution in [0.5, 0.6) is 5.75 Å². The van der Waals surface area contributed by atoms with Gasteiger partial charge < -0.3 is 9.64 Å². The van der Waals surface area contributed by atoms with Gasteiger partial charge >= 0.3 is 0 Å². The van der Waals surface area contributed by atoms with Gasteiger partial charge in [-0.25, -0.2) is 0 Å². The molecule has 1 aliphatic rings. The Bertz CT molecular complexity index is 644. The van der Waals surface area contributed by atoms with Crippen molar-refractivity contribution < 1.29 is 9.53 Å². The van der Waals surface area contributed by atoms with Crippen LogP contribution in [0.15, 0.2) is 30.3 Å². The number of hydrogen-bond acceptors (Lipinski definition) is 3. The Morgan fingerprint density at radius 1 is 1.36 bits per heavy atom. The summed E-state index contributed by atoms with van der Waals surface area (Å²) in [6, 6.07) is 9.70. The van der Waals surface area contributed by atoms with Crippen molar-refractivity contribution in [2.24, 2.45) is 0 Å². The summed E-state index contributed by atoms with van der Waals surface area (Å²) in [4.78, 5) is 14.1. The SMILES string of the molecule is CCOc1ccc(CN(C)C(=O)c2cc(C3CC3)[nH]n2)cc1. The third-order valence-corrected chi connectivity index (χ3v) is 3.83. The fourth-order valence-electron chi connectivity index (χ4n) is 2.45. The molecule has 2 aromatic rings. The summed E-state index contributed by atoms with van der Waals surface area (Å²) in [5, 5.41) is 7.12. The fraction of sp³-hybridized carbons (Fsp3) is 0.412. The van der Waals surface area contributed by atoms with Crippen molar-refractivity contribution in [3.8, 4) is 5.75 Å². The Kier molecular flexibility index (Phi) is 4.13. The molecule has 1 amide bonds. The molecule has 1 aromatic carbocycles. The number of benzene rings is 1. The zero-order valence-corrected chi connectivity index (χ0v) is 13.0. The molecule has 22 heavy (non-hydrogen) atoms. The summed E-state index contributed by atoms with van der Waals surface area (Å²) >= 11 is 0. The molecule has 0 atom stereocenters. The van der Waals surface area contributed by atoms with E-state index in [1.165, 1.54) is 12.8 Å². The number of aromatic amines is 1. The van der Waals surface area contributed by atoms with Crippen LogP contribution in [0, 0.1) is 0 Å². The molecule has 0 saturated heterocycles. The maximum Gasteiger partial charge on any atom is 0.274 e. The Hall–Kier alpha value is -2.30. The lowest BCUT2D eigenvalue weighted by molar-refractivity contribution is 0.0779. The van der Waals surface area contributed by atoms with Crippen LogP contribution in [0.1, 0.15) is 47.4 Å². The molecule has 1 fully saturated rings. The molecule has 0 radical (unpaired) electrons. The summed E-state index contributed by atoms with van der Waals surface area (Å²) < 4.78 is 5.42. The summed E-state index contributed by atoms with van der Waals surface area (Å²) in [7, 11) is 1.80. The molecule has 0 spiro atoms. The molecule has 3 rings (SSSR count). The highest BCUT2D eigenvalue weighted by Crippen LogP contribution is 2.39. The summed E-state index contributed by atoms with van der Waals surface area (Å²) in [5.74, 6) is 1.36. The van der Waals surface area contributed by atoms with Gasteiger partial charge in [0.15, 0.2) is 0 Å². The molecule has 1 N–H and O–H groups in total. The van der Waals surface area contributed by atoms with E-state index < -0.39 is 0 Å². The molecule has 0 unspecified atom stereocenters. The van der Waals surface area contributed by atoms with Crippen molar-refractivity contribution >= 4 is 5.91 Å². The first-order chi connectivity index (χ1) is 10.7. The predicted octanol–water partition coefficient (Wildman–Crippen LogP) is 2.96. The minimum absolute atomic E-state index is 0.0583. The lowest BCUT2D eigenvalue weighted by atomic mass is 10.2. The Balaban J connectivity index is 1.62. The normalized spacial score (nSPS) is 13.9. The minimum Gasteiger partial charge on any atom is -0.494 e. The van der Waals surface area contributed by atoms with Crippen LogP contribution in [0.25, 0.3) is 0 Å². The minimum atomic E-state index is -0.0583. The number of amides is 1. The van der Waals surface area contributed by atoms with E-state index in [9.17, 15) is 4.79 Å². The van der Waals surface area contributed by atoms with Gasteiger partial charge in [0.25, 0.3) is 5.91 Å². The predicted molar refractivity (Wildman–Crippen MR) is 84.0 cm³/mol. The monoisotopic (exact) mass is 299 g/mol. The second-order valence-corrected chi connectivity index (χ2v) is 5.72. The van der Waals surface area contributed by atoms with E-state index >= 15 is 0 Å². The first-order valence-corrected chi connectivity index (χ1v) is 7.70. The van der Waals surface area contributed by atoms with Crippen molar-refractivity contribution in [3.05, 3.63) is 47.3 Å². The number of aromatic nitrogens is 2. The van der Waals surface area contributed by atoms with E-state index in [2.05, 4.69) is 10.2 Å². The molecule has 5 nitrogen and oxygen atoms in total. The fourth-order valence-corrected chi connectivity index (χ4v) is 2.45. The van der Waals surface area contributed by atoms with Crippen molar-refractivity contribution in [1.82, 2.24) is 15.1 Å². The number of nitrogens with one attached hydrogen (secondary N) is 1. The van der Waals surface area contributed by atoms with Crippen LogP contribution in [0.4, 0.5) is 0 Å². The Labute approximate surface area is 130 Å². The first-order valence-electron chi connectivity index (χ1n) is 7.70. The quantitative estimate of drug-likeness (QED) is 0.892. The van der Waals surface area contributed by atoms with Gasteiger partial charge in [-0.05, 0) is 43.5 Å². The maximum atomic E-state index is 12.4. The topological polar surface area (TPSA) is 58.2 Å². The standard InChI is InChI=1S/C17H21N3O2/c1-3-22-14-8-4-12(5-9-14)11-20(2)17(21)16-10-15(18-19-16)13-6-7-13/h4-5,8-10,13H,3,6-7,11H2,1-2H3,(H,18,19). The molecule has 1 heterocycles. The average Bonchev–Trinajstić information content (AvgIpc) is 3.26. The third kappa shape index (κ3) is 3.30. The number of carbonyl (C=O) groups is 1. The Morgan fingerprint density at radius 2 is 2.09 bits per heavy atom. The number of nitrogens with zero attached hydrogens (tertiary/aromatic N) is 2. The highest BCUT2D eigenvalue weighted by atomic mass is 16.5. The van der Waals surface area contributed by atoms with Crippen LogP contribution in [-0.2, 0) is 6.54 Å². The zero-order valence-electron chi connectivity index (χ0n) is 13.0. The van der Waals surface area contributed by atoms with Gasteiger partial charge in [-0.2, -0.15) is 5.10 Å². The smallest absolute Gasteiger partial charge is 0.274 e. The van der Waals surface area contributed by atoms with Gasteiger partial charge in [-0.3, -0.25) is 9.89 Å². The summed E-state index contributed by atoms with van der Waals surface area (Å²) in [6.45, 7) is 3.16. The number of hydrogen-bond donors (Lipinski definition) is 1. The number of H-pyrrole nitrogens is 1. The van der Waals surface area contributed by atoms with Crippen molar-refractivity contribution in [3.63, 3.8) is 0 Å². The van der Waals surface area contributed by atoms with Gasteiger partial charge in [0, 0.05) is 25.2 Å². The first kappa shape index (κ1) is 14.6. The number of rotatable bonds is 6. The second kappa shape index (κ2) is 6.22. The van der Waals surface area contributed by atoms with E-state index in [1.807, 2.05) is 37.3 Å². The maximum absolute atomic E-state index is 12.4. The van der Waals surface area contributed by atoms with Crippen LogP contribution in [0.2, 0.25) is 0 Å². The van der Waals surface area contributed by atoms with Gasteiger partial charge in [-0.1, -0.05) is 12.1 Å². The Morgan fingerprint density at radius 3 is 2.73 bits per heavy atom. The summed E-state index contributed by atoms with van der Waals surface area (Å²) in [5.41, 5.74) is 2.64. The number of ether oxygens (including phenoxy) is 1.